The molecule has 2 aliphatic carbocycles. The topological polar surface area (TPSA) is 26.3 Å². The molecule has 0 atom stereocenters. The average molecular weight is 447 g/mol. The van der Waals surface area contributed by atoms with Crippen molar-refractivity contribution in [2.75, 3.05) is 0 Å². The van der Waals surface area contributed by atoms with Crippen LogP contribution in [-0.2, 0) is 11.2 Å². The molecule has 166 valence electrons. The van der Waals surface area contributed by atoms with Crippen LogP contribution in [0.1, 0.15) is 105 Å². The van der Waals surface area contributed by atoms with Gasteiger partial charge < -0.3 is 4.74 Å². The summed E-state index contributed by atoms with van der Waals surface area (Å²) < 4.78 is 8.42. The summed E-state index contributed by atoms with van der Waals surface area (Å²) in [6.07, 6.45) is 17.1. The Bertz CT molecular complexity index is 773. The summed E-state index contributed by atoms with van der Waals surface area (Å²) >= 11 is 3.43. The Morgan fingerprint density at radius 2 is 1.57 bits per heavy atom. The Hall–Kier alpha value is -0.870. The number of aryl methyl sites for hydroxylation is 1. The largest absolute Gasteiger partial charge is 0.458 e. The molecule has 4 heteroatoms. The van der Waals surface area contributed by atoms with Crippen molar-refractivity contribution in [1.82, 2.24) is 0 Å². The molecule has 0 N–H and O–H groups in total. The Balaban J connectivity index is 1.22. The van der Waals surface area contributed by atoms with Crippen LogP contribution in [0.3, 0.4) is 0 Å². The predicted molar refractivity (Wildman–Crippen MR) is 130 cm³/mol. The number of carbonyl (C=O) groups is 1. The minimum atomic E-state index is -0.0969. The highest BCUT2D eigenvalue weighted by molar-refractivity contribution is 7.28. The molecule has 0 radical (unpaired) electrons. The summed E-state index contributed by atoms with van der Waals surface area (Å²) in [5.74, 6) is 2.70. The lowest BCUT2D eigenvalue weighted by Gasteiger charge is -2.37. The van der Waals surface area contributed by atoms with Crippen molar-refractivity contribution in [3.8, 4) is 0 Å². The van der Waals surface area contributed by atoms with Gasteiger partial charge in [0.2, 0.25) is 0 Å². The minimum Gasteiger partial charge on any atom is -0.458 e. The number of carbonyl (C=O) groups excluding carboxylic acids is 1. The summed E-state index contributed by atoms with van der Waals surface area (Å²) in [6, 6.07) is 4.31. The van der Waals surface area contributed by atoms with Gasteiger partial charge in [0, 0.05) is 14.3 Å². The standard InChI is InChI=1S/C26H38O2S2/c1-3-5-7-18-8-10-19(11-9-18)20-12-14-21(15-13-20)28-26(27)25-17-24-23(30-25)16-22(29-24)6-4-2/h16-21H,3-15H2,1-2H3. The van der Waals surface area contributed by atoms with Crippen LogP contribution >= 0.6 is 22.7 Å². The van der Waals surface area contributed by atoms with Gasteiger partial charge >= 0.3 is 5.97 Å². The normalized spacial score (nSPS) is 27.4. The zero-order valence-electron chi connectivity index (χ0n) is 18.8. The Morgan fingerprint density at radius 3 is 2.20 bits per heavy atom. The van der Waals surface area contributed by atoms with Crippen molar-refractivity contribution in [3.05, 3.63) is 21.9 Å². The van der Waals surface area contributed by atoms with E-state index in [4.69, 9.17) is 4.74 Å². The highest BCUT2D eigenvalue weighted by atomic mass is 32.1. The maximum absolute atomic E-state index is 12.7. The summed E-state index contributed by atoms with van der Waals surface area (Å²) in [7, 11) is 0. The van der Waals surface area contributed by atoms with E-state index < -0.39 is 0 Å². The van der Waals surface area contributed by atoms with Crippen molar-refractivity contribution >= 4 is 38.0 Å². The Morgan fingerprint density at radius 1 is 0.900 bits per heavy atom. The van der Waals surface area contributed by atoms with Gasteiger partial charge in [-0.2, -0.15) is 0 Å². The van der Waals surface area contributed by atoms with Crippen LogP contribution in [0.4, 0.5) is 0 Å². The molecule has 4 rings (SSSR count). The quantitative estimate of drug-likeness (QED) is 0.379. The van der Waals surface area contributed by atoms with E-state index in [1.165, 1.54) is 78.5 Å². The molecular formula is C26H38O2S2. The van der Waals surface area contributed by atoms with Gasteiger partial charge in [0.1, 0.15) is 11.0 Å². The number of hydrogen-bond acceptors (Lipinski definition) is 4. The summed E-state index contributed by atoms with van der Waals surface area (Å²) in [5.41, 5.74) is 0. The molecule has 0 spiro atoms. The first-order chi connectivity index (χ1) is 14.7. The van der Waals surface area contributed by atoms with Crippen molar-refractivity contribution in [1.29, 1.82) is 0 Å². The molecule has 0 saturated heterocycles. The molecular weight excluding hydrogens is 408 g/mol. The van der Waals surface area contributed by atoms with Gasteiger partial charge in [-0.15, -0.1) is 22.7 Å². The van der Waals surface area contributed by atoms with Gasteiger partial charge in [-0.25, -0.2) is 4.79 Å². The van der Waals surface area contributed by atoms with Crippen LogP contribution < -0.4 is 0 Å². The van der Waals surface area contributed by atoms with Crippen LogP contribution in [0, 0.1) is 17.8 Å². The monoisotopic (exact) mass is 446 g/mol. The first kappa shape index (κ1) is 22.3. The molecule has 2 nitrogen and oxygen atoms in total. The molecule has 2 saturated carbocycles. The van der Waals surface area contributed by atoms with Gasteiger partial charge in [-0.3, -0.25) is 0 Å². The SMILES string of the molecule is CCCCC1CCC(C2CCC(OC(=O)c3cc4sc(CCC)cc4s3)CC2)CC1. The van der Waals surface area contributed by atoms with Crippen molar-refractivity contribution in [2.24, 2.45) is 17.8 Å². The second-order valence-corrected chi connectivity index (χ2v) is 11.9. The highest BCUT2D eigenvalue weighted by Gasteiger charge is 2.32. The highest BCUT2D eigenvalue weighted by Crippen LogP contribution is 2.42. The maximum atomic E-state index is 12.7. The van der Waals surface area contributed by atoms with E-state index >= 15 is 0 Å². The molecule has 0 amide bonds. The van der Waals surface area contributed by atoms with E-state index in [1.807, 2.05) is 11.3 Å². The Kier molecular flexibility index (Phi) is 7.91. The van der Waals surface area contributed by atoms with Crippen molar-refractivity contribution in [2.45, 2.75) is 103 Å². The molecule has 30 heavy (non-hydrogen) atoms. The third-order valence-corrected chi connectivity index (χ3v) is 9.81. The van der Waals surface area contributed by atoms with Crippen LogP contribution in [0.15, 0.2) is 12.1 Å². The second kappa shape index (κ2) is 10.6. The van der Waals surface area contributed by atoms with Crippen LogP contribution in [-0.4, -0.2) is 12.1 Å². The molecule has 2 aromatic heterocycles. The number of hydrogen-bond donors (Lipinski definition) is 0. The number of thiophene rings is 2. The lowest BCUT2D eigenvalue weighted by molar-refractivity contribution is 0.0114. The van der Waals surface area contributed by atoms with E-state index in [0.717, 1.165) is 41.9 Å². The second-order valence-electron chi connectivity index (χ2n) is 9.67. The number of unbranched alkanes of at least 4 members (excludes halogenated alkanes) is 1. The van der Waals surface area contributed by atoms with E-state index in [2.05, 4.69) is 26.0 Å². The van der Waals surface area contributed by atoms with E-state index in [0.29, 0.717) is 0 Å². The third kappa shape index (κ3) is 5.48. The van der Waals surface area contributed by atoms with Crippen LogP contribution in [0.25, 0.3) is 9.40 Å². The van der Waals surface area contributed by atoms with Crippen molar-refractivity contribution in [3.63, 3.8) is 0 Å². The fourth-order valence-corrected chi connectivity index (χ4v) is 8.09. The van der Waals surface area contributed by atoms with Crippen LogP contribution in [0.5, 0.6) is 0 Å². The third-order valence-electron chi connectivity index (χ3n) is 7.47. The number of ether oxygens (including phenoxy) is 1. The van der Waals surface area contributed by atoms with E-state index in [1.54, 1.807) is 11.3 Å². The lowest BCUT2D eigenvalue weighted by Crippen LogP contribution is -2.29. The fourth-order valence-electron chi connectivity index (χ4n) is 5.68. The molecule has 2 fully saturated rings. The first-order valence-electron chi connectivity index (χ1n) is 12.4. The van der Waals surface area contributed by atoms with Gasteiger partial charge in [-0.05, 0) is 74.8 Å². The maximum Gasteiger partial charge on any atom is 0.348 e. The van der Waals surface area contributed by atoms with E-state index in [9.17, 15) is 4.79 Å². The fraction of sp³-hybridized carbons (Fsp3) is 0.731. The van der Waals surface area contributed by atoms with Crippen LogP contribution in [0.2, 0.25) is 0 Å². The van der Waals surface area contributed by atoms with Crippen molar-refractivity contribution < 1.29 is 9.53 Å². The van der Waals surface area contributed by atoms with Gasteiger partial charge in [0.15, 0.2) is 0 Å². The predicted octanol–water partition coefficient (Wildman–Crippen LogP) is 8.63. The van der Waals surface area contributed by atoms with Gasteiger partial charge in [0.05, 0.1) is 0 Å². The first-order valence-corrected chi connectivity index (χ1v) is 14.0. The zero-order chi connectivity index (χ0) is 20.9. The number of esters is 1. The van der Waals surface area contributed by atoms with Gasteiger partial charge in [-0.1, -0.05) is 52.4 Å². The molecule has 0 aliphatic heterocycles. The molecule has 0 unspecified atom stereocenters. The number of rotatable bonds is 8. The number of fused-ring (bicyclic) bond motifs is 1. The Labute approximate surface area is 190 Å². The molecule has 0 aromatic carbocycles. The summed E-state index contributed by atoms with van der Waals surface area (Å²) in [4.78, 5) is 14.9. The molecule has 0 bridgehead atoms. The average Bonchev–Trinajstić information content (AvgIpc) is 3.32. The minimum absolute atomic E-state index is 0.0969. The van der Waals surface area contributed by atoms with Gasteiger partial charge in [0.25, 0.3) is 0 Å². The summed E-state index contributed by atoms with van der Waals surface area (Å²) in [6.45, 7) is 4.52. The molecule has 2 aromatic rings. The molecule has 2 aliphatic rings. The smallest absolute Gasteiger partial charge is 0.348 e. The lowest BCUT2D eigenvalue weighted by atomic mass is 9.70. The van der Waals surface area contributed by atoms with E-state index in [-0.39, 0.29) is 12.1 Å². The summed E-state index contributed by atoms with van der Waals surface area (Å²) in [5, 5.41) is 0. The molecule has 2 heterocycles. The zero-order valence-corrected chi connectivity index (χ0v) is 20.4.